The van der Waals surface area contributed by atoms with Crippen LogP contribution in [-0.2, 0) is 28.7 Å². The lowest BCUT2D eigenvalue weighted by Crippen LogP contribution is -2.46. The van der Waals surface area contributed by atoms with Crippen molar-refractivity contribution in [3.63, 3.8) is 0 Å². The van der Waals surface area contributed by atoms with Gasteiger partial charge >= 0.3 is 0 Å². The first-order chi connectivity index (χ1) is 17.2. The average molecular weight is 508 g/mol. The molecular formula is C25H41N5O6. The Balaban J connectivity index is 1.27. The SMILES string of the molecule is CN1CC(C(=O)NCCNC(=O)C2CCC3(CC2)CCN(C(=O)CCOCCC(N)=O)CC3)CC1=O. The number of hydrogen-bond acceptors (Lipinski definition) is 6. The summed E-state index contributed by atoms with van der Waals surface area (Å²) in [4.78, 5) is 63.0. The molecule has 1 spiro atoms. The Morgan fingerprint density at radius 3 is 2.08 bits per heavy atom. The third-order valence-electron chi connectivity index (χ3n) is 7.98. The first-order valence-corrected chi connectivity index (χ1v) is 13.1. The molecular weight excluding hydrogens is 466 g/mol. The van der Waals surface area contributed by atoms with Crippen LogP contribution >= 0.6 is 0 Å². The maximum absolute atomic E-state index is 12.6. The smallest absolute Gasteiger partial charge is 0.225 e. The van der Waals surface area contributed by atoms with Crippen LogP contribution in [-0.4, -0.2) is 92.3 Å². The van der Waals surface area contributed by atoms with Gasteiger partial charge in [0.1, 0.15) is 0 Å². The van der Waals surface area contributed by atoms with Crippen LogP contribution in [0.15, 0.2) is 0 Å². The van der Waals surface area contributed by atoms with Gasteiger partial charge in [0.25, 0.3) is 0 Å². The van der Waals surface area contributed by atoms with Crippen LogP contribution in [0.2, 0.25) is 0 Å². The van der Waals surface area contributed by atoms with Gasteiger partial charge in [-0.2, -0.15) is 0 Å². The molecule has 11 heteroatoms. The number of carbonyl (C=O) groups excluding carboxylic acids is 5. The van der Waals surface area contributed by atoms with Crippen molar-refractivity contribution in [3.05, 3.63) is 0 Å². The van der Waals surface area contributed by atoms with E-state index in [0.29, 0.717) is 32.7 Å². The first-order valence-electron chi connectivity index (χ1n) is 13.1. The predicted molar refractivity (Wildman–Crippen MR) is 131 cm³/mol. The second-order valence-corrected chi connectivity index (χ2v) is 10.5. The minimum absolute atomic E-state index is 0.00959. The largest absolute Gasteiger partial charge is 0.380 e. The number of nitrogens with one attached hydrogen (secondary N) is 2. The molecule has 3 fully saturated rings. The number of ether oxygens (including phenoxy) is 1. The summed E-state index contributed by atoms with van der Waals surface area (Å²) in [6.45, 7) is 3.20. The number of nitrogens with zero attached hydrogens (tertiary/aromatic N) is 2. The van der Waals surface area contributed by atoms with Gasteiger partial charge in [0.15, 0.2) is 0 Å². The van der Waals surface area contributed by atoms with E-state index in [1.165, 1.54) is 0 Å². The number of piperidine rings is 1. The first kappa shape index (κ1) is 27.9. The van der Waals surface area contributed by atoms with Crippen molar-refractivity contribution >= 4 is 29.5 Å². The summed E-state index contributed by atoms with van der Waals surface area (Å²) in [6.07, 6.45) is 6.31. The number of hydrogen-bond donors (Lipinski definition) is 3. The number of carbonyl (C=O) groups is 5. The Bertz CT molecular complexity index is 816. The van der Waals surface area contributed by atoms with E-state index >= 15 is 0 Å². The molecule has 1 saturated carbocycles. The van der Waals surface area contributed by atoms with Gasteiger partial charge in [-0.25, -0.2) is 0 Å². The Labute approximate surface area is 212 Å². The van der Waals surface area contributed by atoms with Crippen LogP contribution in [0.3, 0.4) is 0 Å². The Kier molecular flexibility index (Phi) is 10.1. The van der Waals surface area contributed by atoms with Crippen LogP contribution in [0.25, 0.3) is 0 Å². The molecule has 2 aliphatic heterocycles. The molecule has 0 radical (unpaired) electrons. The van der Waals surface area contributed by atoms with E-state index in [4.69, 9.17) is 10.5 Å². The van der Waals surface area contributed by atoms with Gasteiger partial charge in [0.05, 0.1) is 25.6 Å². The zero-order chi connectivity index (χ0) is 26.1. The standard InChI is InChI=1S/C25H41N5O6/c1-29-17-19(16-22(29)33)24(35)28-11-10-27-23(34)18-2-6-25(7-3-18)8-12-30(13-9-25)21(32)5-15-36-14-4-20(26)31/h18-19H,2-17H2,1H3,(H2,26,31)(H,27,34)(H,28,35). The molecule has 1 atom stereocenters. The van der Waals surface area contributed by atoms with Crippen molar-refractivity contribution in [1.29, 1.82) is 0 Å². The van der Waals surface area contributed by atoms with E-state index in [0.717, 1.165) is 51.6 Å². The van der Waals surface area contributed by atoms with Crippen LogP contribution < -0.4 is 16.4 Å². The van der Waals surface area contributed by atoms with Crippen LogP contribution in [0, 0.1) is 17.3 Å². The lowest BCUT2D eigenvalue weighted by atomic mass is 9.65. The molecule has 11 nitrogen and oxygen atoms in total. The molecule has 202 valence electrons. The van der Waals surface area contributed by atoms with E-state index < -0.39 is 5.91 Å². The molecule has 0 aromatic rings. The van der Waals surface area contributed by atoms with Gasteiger partial charge < -0.3 is 30.9 Å². The van der Waals surface area contributed by atoms with Crippen LogP contribution in [0.1, 0.15) is 57.8 Å². The van der Waals surface area contributed by atoms with Crippen molar-refractivity contribution in [2.45, 2.75) is 57.8 Å². The summed E-state index contributed by atoms with van der Waals surface area (Å²) in [5.74, 6) is -0.762. The monoisotopic (exact) mass is 507 g/mol. The summed E-state index contributed by atoms with van der Waals surface area (Å²) in [6, 6.07) is 0. The average Bonchev–Trinajstić information content (AvgIpc) is 3.20. The van der Waals surface area contributed by atoms with E-state index in [9.17, 15) is 24.0 Å². The fourth-order valence-electron chi connectivity index (χ4n) is 5.51. The van der Waals surface area contributed by atoms with E-state index in [2.05, 4.69) is 10.6 Å². The number of rotatable bonds is 11. The molecule has 1 aliphatic carbocycles. The summed E-state index contributed by atoms with van der Waals surface area (Å²) in [7, 11) is 1.70. The Hall–Kier alpha value is -2.69. The van der Waals surface area contributed by atoms with Crippen molar-refractivity contribution in [1.82, 2.24) is 20.4 Å². The van der Waals surface area contributed by atoms with Gasteiger partial charge in [-0.3, -0.25) is 24.0 Å². The summed E-state index contributed by atoms with van der Waals surface area (Å²) < 4.78 is 5.31. The van der Waals surface area contributed by atoms with E-state index in [1.54, 1.807) is 11.9 Å². The lowest BCUT2D eigenvalue weighted by Gasteiger charge is -2.45. The molecule has 5 amide bonds. The molecule has 3 aliphatic rings. The molecule has 36 heavy (non-hydrogen) atoms. The normalized spacial score (nSPS) is 22.0. The minimum Gasteiger partial charge on any atom is -0.380 e. The highest BCUT2D eigenvalue weighted by Crippen LogP contribution is 2.46. The van der Waals surface area contributed by atoms with Gasteiger partial charge in [0.2, 0.25) is 29.5 Å². The molecule has 0 aromatic heterocycles. The summed E-state index contributed by atoms with van der Waals surface area (Å²) in [5.41, 5.74) is 5.28. The minimum atomic E-state index is -0.411. The highest BCUT2D eigenvalue weighted by Gasteiger charge is 2.40. The van der Waals surface area contributed by atoms with E-state index in [1.807, 2.05) is 4.90 Å². The third kappa shape index (κ3) is 7.91. The van der Waals surface area contributed by atoms with E-state index in [-0.39, 0.29) is 60.3 Å². The summed E-state index contributed by atoms with van der Waals surface area (Å²) in [5, 5.41) is 5.76. The van der Waals surface area contributed by atoms with Crippen molar-refractivity contribution in [2.75, 3.05) is 53.0 Å². The van der Waals surface area contributed by atoms with Gasteiger partial charge in [-0.15, -0.1) is 0 Å². The fraction of sp³-hybridized carbons (Fsp3) is 0.800. The van der Waals surface area contributed by atoms with Gasteiger partial charge in [-0.05, 0) is 43.9 Å². The molecule has 1 unspecified atom stereocenters. The predicted octanol–water partition coefficient (Wildman–Crippen LogP) is -0.222. The topological polar surface area (TPSA) is 151 Å². The maximum atomic E-state index is 12.6. The molecule has 4 N–H and O–H groups in total. The Morgan fingerprint density at radius 2 is 1.53 bits per heavy atom. The number of amides is 5. The molecule has 0 aromatic carbocycles. The highest BCUT2D eigenvalue weighted by atomic mass is 16.5. The molecule has 0 bridgehead atoms. The number of nitrogens with two attached hydrogens (primary N) is 1. The fourth-order valence-corrected chi connectivity index (χ4v) is 5.51. The number of likely N-dealkylation sites (tertiary alicyclic amines) is 2. The van der Waals surface area contributed by atoms with Crippen LogP contribution in [0.4, 0.5) is 0 Å². The van der Waals surface area contributed by atoms with Crippen LogP contribution in [0.5, 0.6) is 0 Å². The second-order valence-electron chi connectivity index (χ2n) is 10.5. The summed E-state index contributed by atoms with van der Waals surface area (Å²) >= 11 is 0. The molecule has 3 rings (SSSR count). The van der Waals surface area contributed by atoms with Crippen molar-refractivity contribution in [3.8, 4) is 0 Å². The van der Waals surface area contributed by atoms with Crippen molar-refractivity contribution < 1.29 is 28.7 Å². The second kappa shape index (κ2) is 13.0. The maximum Gasteiger partial charge on any atom is 0.225 e. The zero-order valence-corrected chi connectivity index (χ0v) is 21.4. The van der Waals surface area contributed by atoms with Gasteiger partial charge in [-0.1, -0.05) is 0 Å². The lowest BCUT2D eigenvalue weighted by molar-refractivity contribution is -0.135. The quantitative estimate of drug-likeness (QED) is 0.329. The highest BCUT2D eigenvalue weighted by molar-refractivity contribution is 5.89. The van der Waals surface area contributed by atoms with Gasteiger partial charge in [0, 0.05) is 58.5 Å². The number of primary amides is 1. The Morgan fingerprint density at radius 1 is 0.944 bits per heavy atom. The molecule has 2 saturated heterocycles. The third-order valence-corrected chi connectivity index (χ3v) is 7.98. The zero-order valence-electron chi connectivity index (χ0n) is 21.4. The van der Waals surface area contributed by atoms with Crippen molar-refractivity contribution in [2.24, 2.45) is 23.0 Å². The molecule has 2 heterocycles.